The summed E-state index contributed by atoms with van der Waals surface area (Å²) in [5.41, 5.74) is 5.39. The largest absolute Gasteiger partial charge is 0.389 e. The molecular weight excluding hydrogens is 198 g/mol. The monoisotopic (exact) mass is 227 g/mol. The van der Waals surface area contributed by atoms with Gasteiger partial charge in [-0.3, -0.25) is 0 Å². The highest BCUT2D eigenvalue weighted by atomic mass is 16.3. The first-order valence-electron chi connectivity index (χ1n) is 6.98. The lowest BCUT2D eigenvalue weighted by molar-refractivity contribution is -0.109. The third kappa shape index (κ3) is 2.78. The molecule has 16 heavy (non-hydrogen) atoms. The maximum atomic E-state index is 11.0. The third-order valence-electron chi connectivity index (χ3n) is 4.42. The lowest BCUT2D eigenvalue weighted by Gasteiger charge is -2.47. The van der Waals surface area contributed by atoms with E-state index in [0.717, 1.165) is 19.3 Å². The van der Waals surface area contributed by atoms with Crippen LogP contribution in [-0.4, -0.2) is 17.3 Å². The Morgan fingerprint density at radius 1 is 1.38 bits per heavy atom. The number of hydrogen-bond donors (Lipinski definition) is 2. The van der Waals surface area contributed by atoms with Gasteiger partial charge < -0.3 is 10.8 Å². The lowest BCUT2D eigenvalue weighted by atomic mass is 9.63. The van der Waals surface area contributed by atoms with E-state index in [1.165, 1.54) is 19.3 Å². The molecule has 96 valence electrons. The predicted octanol–water partition coefficient (Wildman–Crippen LogP) is 2.94. The summed E-state index contributed by atoms with van der Waals surface area (Å²) < 4.78 is 0. The Bertz CT molecular complexity index is 205. The summed E-state index contributed by atoms with van der Waals surface area (Å²) in [5, 5.41) is 11.0. The van der Waals surface area contributed by atoms with Crippen LogP contribution in [0.25, 0.3) is 0 Å². The number of hydrogen-bond acceptors (Lipinski definition) is 2. The summed E-state index contributed by atoms with van der Waals surface area (Å²) >= 11 is 0. The van der Waals surface area contributed by atoms with Crippen molar-refractivity contribution in [3.8, 4) is 0 Å². The van der Waals surface area contributed by atoms with Crippen LogP contribution >= 0.6 is 0 Å². The molecule has 0 aliphatic heterocycles. The standard InChI is InChI=1S/C14H29NO/c1-4-7-12(10-15)14(16)9-6-5-8-13(14)11(2)3/h11-13,16H,4-10,15H2,1-3H3. The van der Waals surface area contributed by atoms with E-state index in [9.17, 15) is 5.11 Å². The summed E-state index contributed by atoms with van der Waals surface area (Å²) in [5.74, 6) is 1.31. The van der Waals surface area contributed by atoms with Gasteiger partial charge >= 0.3 is 0 Å². The number of nitrogens with two attached hydrogens (primary N) is 1. The Labute approximate surface area is 101 Å². The maximum absolute atomic E-state index is 11.0. The van der Waals surface area contributed by atoms with Crippen LogP contribution in [0.4, 0.5) is 0 Å². The van der Waals surface area contributed by atoms with Gasteiger partial charge in [-0.2, -0.15) is 0 Å². The van der Waals surface area contributed by atoms with Crippen LogP contribution in [-0.2, 0) is 0 Å². The Balaban J connectivity index is 2.82. The van der Waals surface area contributed by atoms with E-state index < -0.39 is 5.60 Å². The molecule has 3 unspecified atom stereocenters. The van der Waals surface area contributed by atoms with E-state index in [-0.39, 0.29) is 0 Å². The summed E-state index contributed by atoms with van der Waals surface area (Å²) in [6.45, 7) is 7.29. The van der Waals surface area contributed by atoms with E-state index in [0.29, 0.717) is 24.3 Å². The highest BCUT2D eigenvalue weighted by molar-refractivity contribution is 4.96. The highest BCUT2D eigenvalue weighted by Crippen LogP contribution is 2.44. The van der Waals surface area contributed by atoms with Gasteiger partial charge in [0, 0.05) is 5.92 Å². The van der Waals surface area contributed by atoms with Crippen molar-refractivity contribution in [1.29, 1.82) is 0 Å². The van der Waals surface area contributed by atoms with Crippen LogP contribution in [0.5, 0.6) is 0 Å². The molecule has 0 aromatic rings. The van der Waals surface area contributed by atoms with Gasteiger partial charge in [-0.25, -0.2) is 0 Å². The first-order valence-corrected chi connectivity index (χ1v) is 6.98. The molecule has 0 amide bonds. The molecule has 1 aliphatic carbocycles. The van der Waals surface area contributed by atoms with E-state index in [1.807, 2.05) is 0 Å². The van der Waals surface area contributed by atoms with Gasteiger partial charge in [0.25, 0.3) is 0 Å². The van der Waals surface area contributed by atoms with Gasteiger partial charge in [-0.05, 0) is 37.6 Å². The van der Waals surface area contributed by atoms with Crippen molar-refractivity contribution < 1.29 is 5.11 Å². The van der Waals surface area contributed by atoms with Crippen molar-refractivity contribution in [2.45, 2.75) is 64.9 Å². The fourth-order valence-corrected chi connectivity index (χ4v) is 3.55. The molecule has 0 aromatic carbocycles. The number of rotatable bonds is 5. The normalized spacial score (nSPS) is 33.0. The second kappa shape index (κ2) is 6.02. The van der Waals surface area contributed by atoms with E-state index >= 15 is 0 Å². The molecule has 1 fully saturated rings. The highest BCUT2D eigenvalue weighted by Gasteiger charge is 2.45. The average Bonchev–Trinajstić information content (AvgIpc) is 2.25. The third-order valence-corrected chi connectivity index (χ3v) is 4.42. The van der Waals surface area contributed by atoms with Gasteiger partial charge in [0.15, 0.2) is 0 Å². The van der Waals surface area contributed by atoms with Crippen LogP contribution in [0, 0.1) is 17.8 Å². The van der Waals surface area contributed by atoms with Gasteiger partial charge in [-0.15, -0.1) is 0 Å². The molecule has 1 rings (SSSR count). The molecule has 3 N–H and O–H groups in total. The fourth-order valence-electron chi connectivity index (χ4n) is 3.55. The van der Waals surface area contributed by atoms with Crippen LogP contribution in [0.3, 0.4) is 0 Å². The van der Waals surface area contributed by atoms with Gasteiger partial charge in [-0.1, -0.05) is 40.0 Å². The predicted molar refractivity (Wildman–Crippen MR) is 69.2 cm³/mol. The van der Waals surface area contributed by atoms with Crippen LogP contribution in [0.1, 0.15) is 59.3 Å². The molecular formula is C14H29NO. The fraction of sp³-hybridized carbons (Fsp3) is 1.00. The molecule has 2 nitrogen and oxygen atoms in total. The van der Waals surface area contributed by atoms with Crippen LogP contribution in [0.2, 0.25) is 0 Å². The summed E-state index contributed by atoms with van der Waals surface area (Å²) in [7, 11) is 0. The Hall–Kier alpha value is -0.0800. The quantitative estimate of drug-likeness (QED) is 0.758. The number of aliphatic hydroxyl groups is 1. The molecule has 1 saturated carbocycles. The zero-order valence-corrected chi connectivity index (χ0v) is 11.2. The molecule has 1 aliphatic rings. The minimum absolute atomic E-state index is 0.296. The second-order valence-corrected chi connectivity index (χ2v) is 5.81. The lowest BCUT2D eigenvalue weighted by Crippen LogP contribution is -2.51. The molecule has 2 heteroatoms. The van der Waals surface area contributed by atoms with Crippen molar-refractivity contribution in [3.63, 3.8) is 0 Å². The molecule has 0 radical (unpaired) electrons. The molecule has 0 spiro atoms. The summed E-state index contributed by atoms with van der Waals surface area (Å²) in [4.78, 5) is 0. The minimum Gasteiger partial charge on any atom is -0.389 e. The molecule has 0 aromatic heterocycles. The van der Waals surface area contributed by atoms with Crippen molar-refractivity contribution in [2.24, 2.45) is 23.5 Å². The van der Waals surface area contributed by atoms with E-state index in [4.69, 9.17) is 5.73 Å². The van der Waals surface area contributed by atoms with Gasteiger partial charge in [0.1, 0.15) is 0 Å². The van der Waals surface area contributed by atoms with Crippen LogP contribution in [0.15, 0.2) is 0 Å². The van der Waals surface area contributed by atoms with Gasteiger partial charge in [0.2, 0.25) is 0 Å². The molecule has 0 bridgehead atoms. The van der Waals surface area contributed by atoms with E-state index in [1.54, 1.807) is 0 Å². The summed E-state index contributed by atoms with van der Waals surface area (Å²) in [6, 6.07) is 0. The zero-order valence-electron chi connectivity index (χ0n) is 11.2. The molecule has 0 heterocycles. The Kier molecular flexibility index (Phi) is 5.26. The van der Waals surface area contributed by atoms with E-state index in [2.05, 4.69) is 20.8 Å². The maximum Gasteiger partial charge on any atom is 0.0718 e. The first-order chi connectivity index (χ1) is 7.56. The first kappa shape index (κ1) is 14.0. The van der Waals surface area contributed by atoms with Gasteiger partial charge in [0.05, 0.1) is 5.60 Å². The van der Waals surface area contributed by atoms with Crippen LogP contribution < -0.4 is 5.73 Å². The molecule has 3 atom stereocenters. The molecule has 0 saturated heterocycles. The van der Waals surface area contributed by atoms with Crippen molar-refractivity contribution >= 4 is 0 Å². The van der Waals surface area contributed by atoms with Crippen molar-refractivity contribution in [2.75, 3.05) is 6.54 Å². The smallest absolute Gasteiger partial charge is 0.0718 e. The Morgan fingerprint density at radius 3 is 2.56 bits per heavy atom. The topological polar surface area (TPSA) is 46.2 Å². The zero-order chi connectivity index (χ0) is 12.2. The summed E-state index contributed by atoms with van der Waals surface area (Å²) in [6.07, 6.45) is 6.76. The van der Waals surface area contributed by atoms with Crippen molar-refractivity contribution in [3.05, 3.63) is 0 Å². The Morgan fingerprint density at radius 2 is 2.06 bits per heavy atom. The van der Waals surface area contributed by atoms with Crippen molar-refractivity contribution in [1.82, 2.24) is 0 Å². The second-order valence-electron chi connectivity index (χ2n) is 5.81. The average molecular weight is 227 g/mol. The minimum atomic E-state index is -0.489. The SMILES string of the molecule is CCCC(CN)C1(O)CCCCC1C(C)C.